The molecule has 1 aliphatic heterocycles. The van der Waals surface area contributed by atoms with Crippen LogP contribution in [-0.4, -0.2) is 26.3 Å². The molecule has 1 N–H and O–H groups in total. The van der Waals surface area contributed by atoms with Crippen LogP contribution in [0, 0.1) is 5.92 Å². The first-order valence-electron chi connectivity index (χ1n) is 5.72. The number of rotatable bonds is 6. The number of hydrogen-bond acceptors (Lipinski definition) is 2. The molecule has 1 fully saturated rings. The third-order valence-electron chi connectivity index (χ3n) is 2.74. The lowest BCUT2D eigenvalue weighted by Crippen LogP contribution is -2.30. The first-order valence-corrected chi connectivity index (χ1v) is 5.72. The van der Waals surface area contributed by atoms with Gasteiger partial charge in [0.25, 0.3) is 0 Å². The lowest BCUT2D eigenvalue weighted by molar-refractivity contribution is 0.118. The van der Waals surface area contributed by atoms with E-state index in [1.165, 1.54) is 37.9 Å². The van der Waals surface area contributed by atoms with Gasteiger partial charge in [-0.1, -0.05) is 5.57 Å². The maximum Gasteiger partial charge on any atom is 0.0502 e. The van der Waals surface area contributed by atoms with Crippen molar-refractivity contribution in [1.29, 1.82) is 0 Å². The van der Waals surface area contributed by atoms with Gasteiger partial charge < -0.3 is 10.1 Å². The molecule has 0 aromatic heterocycles. The van der Waals surface area contributed by atoms with Crippen molar-refractivity contribution >= 4 is 0 Å². The van der Waals surface area contributed by atoms with Crippen molar-refractivity contribution in [3.05, 3.63) is 12.2 Å². The summed E-state index contributed by atoms with van der Waals surface area (Å²) < 4.78 is 5.56. The van der Waals surface area contributed by atoms with Gasteiger partial charge in [-0.3, -0.25) is 0 Å². The fourth-order valence-electron chi connectivity index (χ4n) is 1.77. The van der Waals surface area contributed by atoms with Crippen molar-refractivity contribution in [2.75, 3.05) is 26.3 Å². The zero-order valence-electron chi connectivity index (χ0n) is 9.35. The third-order valence-corrected chi connectivity index (χ3v) is 2.74. The molecule has 0 spiro atoms. The molecule has 1 atom stereocenters. The van der Waals surface area contributed by atoms with Crippen molar-refractivity contribution in [2.24, 2.45) is 5.92 Å². The predicted octanol–water partition coefficient (Wildman–Crippen LogP) is 2.36. The second-order valence-corrected chi connectivity index (χ2v) is 4.32. The Kier molecular flexibility index (Phi) is 5.88. The molecule has 0 bridgehead atoms. The molecule has 0 aliphatic carbocycles. The minimum atomic E-state index is 0.841. The maximum absolute atomic E-state index is 5.56. The molecular weight excluding hydrogens is 174 g/mol. The van der Waals surface area contributed by atoms with Gasteiger partial charge >= 0.3 is 0 Å². The van der Waals surface area contributed by atoms with Gasteiger partial charge in [-0.05, 0) is 51.6 Å². The molecule has 1 heterocycles. The fraction of sp³-hybridized carbons (Fsp3) is 0.833. The molecule has 14 heavy (non-hydrogen) atoms. The predicted molar refractivity (Wildman–Crippen MR) is 60.5 cm³/mol. The van der Waals surface area contributed by atoms with Crippen LogP contribution in [0.5, 0.6) is 0 Å². The summed E-state index contributed by atoms with van der Waals surface area (Å²) >= 11 is 0. The topological polar surface area (TPSA) is 21.3 Å². The van der Waals surface area contributed by atoms with E-state index >= 15 is 0 Å². The summed E-state index contributed by atoms with van der Waals surface area (Å²) in [6, 6.07) is 0. The quantitative estimate of drug-likeness (QED) is 0.521. The lowest BCUT2D eigenvalue weighted by atomic mass is 9.97. The standard InChI is InChI=1S/C12H23NO/c1-11(2)5-8-14-9-6-12-4-3-7-13-10-12/h12-13H,1,3-10H2,2H3. The summed E-state index contributed by atoms with van der Waals surface area (Å²) in [6.45, 7) is 10.0. The Morgan fingerprint density at radius 3 is 3.00 bits per heavy atom. The smallest absolute Gasteiger partial charge is 0.0502 e. The Hall–Kier alpha value is -0.340. The van der Waals surface area contributed by atoms with E-state index in [0.29, 0.717) is 0 Å². The average molecular weight is 197 g/mol. The Labute approximate surface area is 87.7 Å². The second kappa shape index (κ2) is 7.02. The molecule has 1 saturated heterocycles. The lowest BCUT2D eigenvalue weighted by Gasteiger charge is -2.22. The highest BCUT2D eigenvalue weighted by Gasteiger charge is 2.11. The van der Waals surface area contributed by atoms with Crippen molar-refractivity contribution in [3.8, 4) is 0 Å². The number of piperidine rings is 1. The average Bonchev–Trinajstić information content (AvgIpc) is 2.18. The van der Waals surface area contributed by atoms with Gasteiger partial charge in [0.1, 0.15) is 0 Å². The molecule has 0 radical (unpaired) electrons. The highest BCUT2D eigenvalue weighted by molar-refractivity contribution is 4.87. The zero-order valence-corrected chi connectivity index (χ0v) is 9.35. The zero-order chi connectivity index (χ0) is 10.2. The normalized spacial score (nSPS) is 22.2. The van der Waals surface area contributed by atoms with Crippen molar-refractivity contribution in [3.63, 3.8) is 0 Å². The van der Waals surface area contributed by atoms with Gasteiger partial charge in [0, 0.05) is 6.61 Å². The maximum atomic E-state index is 5.56. The molecular formula is C12H23NO. The van der Waals surface area contributed by atoms with Crippen molar-refractivity contribution in [2.45, 2.75) is 32.6 Å². The van der Waals surface area contributed by atoms with E-state index < -0.39 is 0 Å². The highest BCUT2D eigenvalue weighted by atomic mass is 16.5. The molecule has 2 nitrogen and oxygen atoms in total. The number of hydrogen-bond donors (Lipinski definition) is 1. The van der Waals surface area contributed by atoms with Crippen LogP contribution in [0.4, 0.5) is 0 Å². The molecule has 2 heteroatoms. The first-order chi connectivity index (χ1) is 6.79. The summed E-state index contributed by atoms with van der Waals surface area (Å²) in [7, 11) is 0. The SMILES string of the molecule is C=C(C)CCOCCC1CCCNC1. The van der Waals surface area contributed by atoms with Gasteiger partial charge in [-0.25, -0.2) is 0 Å². The van der Waals surface area contributed by atoms with E-state index in [4.69, 9.17) is 4.74 Å². The van der Waals surface area contributed by atoms with Gasteiger partial charge in [-0.15, -0.1) is 6.58 Å². The number of nitrogens with one attached hydrogen (secondary N) is 1. The Morgan fingerprint density at radius 1 is 1.50 bits per heavy atom. The van der Waals surface area contributed by atoms with Gasteiger partial charge in [0.2, 0.25) is 0 Å². The van der Waals surface area contributed by atoms with E-state index in [0.717, 1.165) is 25.6 Å². The fourth-order valence-corrected chi connectivity index (χ4v) is 1.77. The van der Waals surface area contributed by atoms with Crippen LogP contribution in [0.2, 0.25) is 0 Å². The highest BCUT2D eigenvalue weighted by Crippen LogP contribution is 2.13. The van der Waals surface area contributed by atoms with Gasteiger partial charge in [-0.2, -0.15) is 0 Å². The monoisotopic (exact) mass is 197 g/mol. The minimum Gasteiger partial charge on any atom is -0.381 e. The van der Waals surface area contributed by atoms with Crippen molar-refractivity contribution in [1.82, 2.24) is 5.32 Å². The summed E-state index contributed by atoms with van der Waals surface area (Å²) in [5.74, 6) is 0.841. The van der Waals surface area contributed by atoms with Crippen LogP contribution >= 0.6 is 0 Å². The summed E-state index contributed by atoms with van der Waals surface area (Å²) in [5, 5.41) is 3.42. The van der Waals surface area contributed by atoms with E-state index in [-0.39, 0.29) is 0 Å². The minimum absolute atomic E-state index is 0.841. The second-order valence-electron chi connectivity index (χ2n) is 4.32. The summed E-state index contributed by atoms with van der Waals surface area (Å²) in [6.07, 6.45) is 4.92. The molecule has 0 aromatic carbocycles. The molecule has 1 unspecified atom stereocenters. The molecule has 1 aliphatic rings. The van der Waals surface area contributed by atoms with Crippen molar-refractivity contribution < 1.29 is 4.74 Å². The molecule has 1 rings (SSSR count). The van der Waals surface area contributed by atoms with Crippen LogP contribution in [0.1, 0.15) is 32.6 Å². The van der Waals surface area contributed by atoms with E-state index in [9.17, 15) is 0 Å². The third kappa shape index (κ3) is 5.40. The molecule has 0 saturated carbocycles. The van der Waals surface area contributed by atoms with Crippen LogP contribution in [-0.2, 0) is 4.74 Å². The number of ether oxygens (including phenoxy) is 1. The van der Waals surface area contributed by atoms with Gasteiger partial charge in [0.15, 0.2) is 0 Å². The van der Waals surface area contributed by atoms with Gasteiger partial charge in [0.05, 0.1) is 6.61 Å². The van der Waals surface area contributed by atoms with Crippen LogP contribution in [0.3, 0.4) is 0 Å². The summed E-state index contributed by atoms with van der Waals surface area (Å²) in [4.78, 5) is 0. The van der Waals surface area contributed by atoms with E-state index in [2.05, 4.69) is 18.8 Å². The van der Waals surface area contributed by atoms with E-state index in [1.807, 2.05) is 0 Å². The Morgan fingerprint density at radius 2 is 2.36 bits per heavy atom. The molecule has 0 amide bonds. The van der Waals surface area contributed by atoms with Crippen LogP contribution < -0.4 is 5.32 Å². The Balaban J connectivity index is 1.90. The van der Waals surface area contributed by atoms with E-state index in [1.54, 1.807) is 0 Å². The van der Waals surface area contributed by atoms with Crippen LogP contribution in [0.25, 0.3) is 0 Å². The first kappa shape index (κ1) is 11.7. The molecule has 0 aromatic rings. The largest absolute Gasteiger partial charge is 0.381 e. The molecule has 82 valence electrons. The summed E-state index contributed by atoms with van der Waals surface area (Å²) in [5.41, 5.74) is 1.21. The van der Waals surface area contributed by atoms with Crippen LogP contribution in [0.15, 0.2) is 12.2 Å². The Bertz CT molecular complexity index is 162.